The largest absolute Gasteiger partial charge is 0.363 e. The molecule has 1 saturated heterocycles. The lowest BCUT2D eigenvalue weighted by Gasteiger charge is -2.26. The average Bonchev–Trinajstić information content (AvgIpc) is 3.59. The number of hydrogen-bond donors (Lipinski definition) is 0. The summed E-state index contributed by atoms with van der Waals surface area (Å²) in [6.07, 6.45) is 7.30. The van der Waals surface area contributed by atoms with E-state index in [4.69, 9.17) is 0 Å². The molecule has 1 atom stereocenters. The second-order valence-corrected chi connectivity index (χ2v) is 11.3. The molecule has 9 heteroatoms. The van der Waals surface area contributed by atoms with E-state index in [0.717, 1.165) is 41.6 Å². The van der Waals surface area contributed by atoms with Gasteiger partial charge in [0.05, 0.1) is 24.3 Å². The molecule has 0 amide bonds. The highest BCUT2D eigenvalue weighted by Gasteiger charge is 2.37. The van der Waals surface area contributed by atoms with Crippen LogP contribution in [0.1, 0.15) is 30.0 Å². The minimum absolute atomic E-state index is 0.201. The van der Waals surface area contributed by atoms with Crippen molar-refractivity contribution in [3.8, 4) is 11.3 Å². The van der Waals surface area contributed by atoms with E-state index in [9.17, 15) is 12.8 Å². The molecule has 5 rings (SSSR count). The van der Waals surface area contributed by atoms with Crippen LogP contribution in [0.5, 0.6) is 0 Å². The van der Waals surface area contributed by atoms with Crippen molar-refractivity contribution < 1.29 is 12.8 Å². The highest BCUT2D eigenvalue weighted by molar-refractivity contribution is 7.89. The lowest BCUT2D eigenvalue weighted by atomic mass is 9.97. The summed E-state index contributed by atoms with van der Waals surface area (Å²) in [6, 6.07) is 17.6. The van der Waals surface area contributed by atoms with Crippen LogP contribution in [0.25, 0.3) is 11.3 Å². The molecule has 0 aliphatic carbocycles. The average molecular weight is 520 g/mol. The number of nitrogens with zero attached hydrogens (tertiary/aromatic N) is 5. The van der Waals surface area contributed by atoms with E-state index in [2.05, 4.69) is 14.5 Å². The van der Waals surface area contributed by atoms with Gasteiger partial charge in [-0.25, -0.2) is 22.8 Å². The van der Waals surface area contributed by atoms with Gasteiger partial charge in [0.2, 0.25) is 10.0 Å². The Labute approximate surface area is 217 Å². The first kappa shape index (κ1) is 25.1. The van der Waals surface area contributed by atoms with Crippen molar-refractivity contribution in [2.75, 3.05) is 25.5 Å². The molecule has 1 aliphatic heterocycles. The van der Waals surface area contributed by atoms with Gasteiger partial charge in [0.1, 0.15) is 16.5 Å². The minimum atomic E-state index is -3.72. The second kappa shape index (κ2) is 10.4. The Balaban J connectivity index is 1.44. The number of rotatable bonds is 8. The molecule has 2 aromatic heterocycles. The van der Waals surface area contributed by atoms with Crippen LogP contribution in [0.15, 0.2) is 84.3 Å². The Morgan fingerprint density at radius 3 is 2.54 bits per heavy atom. The molecule has 2 aromatic carbocycles. The summed E-state index contributed by atoms with van der Waals surface area (Å²) in [5, 5.41) is 0. The van der Waals surface area contributed by atoms with Gasteiger partial charge in [0.15, 0.2) is 0 Å². The van der Waals surface area contributed by atoms with Crippen LogP contribution in [0, 0.1) is 5.82 Å². The standard InChI is InChI=1S/C28H30FN5O2S/c1-32(2)28-14-13-23(18-31-28)37(35,36)34-16-5-8-26(34)24-6-3-4-7-25(24)27-19-30-20-33(27)17-15-21-9-11-22(29)12-10-21/h3-4,6-7,9-14,18-20,26H,5,8,15-17H2,1-2H3/t26-/m0/s1. The zero-order chi connectivity index (χ0) is 26.0. The van der Waals surface area contributed by atoms with E-state index in [0.29, 0.717) is 18.9 Å². The predicted octanol–water partition coefficient (Wildman–Crippen LogP) is 4.92. The topological polar surface area (TPSA) is 71.3 Å². The highest BCUT2D eigenvalue weighted by Crippen LogP contribution is 2.40. The zero-order valence-corrected chi connectivity index (χ0v) is 21.8. The molecule has 0 bridgehead atoms. The predicted molar refractivity (Wildman–Crippen MR) is 142 cm³/mol. The molecule has 0 unspecified atom stereocenters. The summed E-state index contributed by atoms with van der Waals surface area (Å²) in [4.78, 5) is 10.7. The van der Waals surface area contributed by atoms with Crippen LogP contribution in [0.4, 0.5) is 10.2 Å². The second-order valence-electron chi connectivity index (χ2n) is 9.46. The molecule has 0 spiro atoms. The van der Waals surface area contributed by atoms with E-state index < -0.39 is 10.0 Å². The van der Waals surface area contributed by atoms with Gasteiger partial charge in [-0.3, -0.25) is 0 Å². The number of aromatic nitrogens is 3. The van der Waals surface area contributed by atoms with E-state index in [1.165, 1.54) is 18.3 Å². The fourth-order valence-corrected chi connectivity index (χ4v) is 6.53. The molecule has 0 saturated carbocycles. The van der Waals surface area contributed by atoms with Crippen LogP contribution >= 0.6 is 0 Å². The first-order valence-electron chi connectivity index (χ1n) is 12.3. The highest BCUT2D eigenvalue weighted by atomic mass is 32.2. The van der Waals surface area contributed by atoms with Crippen LogP contribution in [-0.2, 0) is 23.0 Å². The van der Waals surface area contributed by atoms with Crippen molar-refractivity contribution in [3.63, 3.8) is 0 Å². The number of aryl methyl sites for hydroxylation is 2. The van der Waals surface area contributed by atoms with Gasteiger partial charge in [-0.1, -0.05) is 36.4 Å². The van der Waals surface area contributed by atoms with Crippen molar-refractivity contribution in [1.29, 1.82) is 0 Å². The molecular formula is C28H30FN5O2S. The van der Waals surface area contributed by atoms with E-state index in [1.807, 2.05) is 49.5 Å². The van der Waals surface area contributed by atoms with Crippen LogP contribution in [0.3, 0.4) is 0 Å². The molecule has 1 aliphatic rings. The summed E-state index contributed by atoms with van der Waals surface area (Å²) < 4.78 is 44.3. The smallest absolute Gasteiger partial charge is 0.245 e. The monoisotopic (exact) mass is 519 g/mol. The van der Waals surface area contributed by atoms with Gasteiger partial charge in [-0.15, -0.1) is 0 Å². The van der Waals surface area contributed by atoms with Crippen LogP contribution in [0.2, 0.25) is 0 Å². The third-order valence-electron chi connectivity index (χ3n) is 6.85. The molecule has 192 valence electrons. The normalized spacial score (nSPS) is 16.2. The number of hydrogen-bond acceptors (Lipinski definition) is 5. The summed E-state index contributed by atoms with van der Waals surface area (Å²) >= 11 is 0. The maximum Gasteiger partial charge on any atom is 0.245 e. The number of pyridine rings is 1. The summed E-state index contributed by atoms with van der Waals surface area (Å²) in [7, 11) is 0.0140. The van der Waals surface area contributed by atoms with Gasteiger partial charge in [0.25, 0.3) is 0 Å². The maximum atomic E-state index is 13.7. The van der Waals surface area contributed by atoms with Gasteiger partial charge in [-0.05, 0) is 54.7 Å². The number of sulfonamides is 1. The van der Waals surface area contributed by atoms with Crippen molar-refractivity contribution in [2.45, 2.75) is 36.7 Å². The minimum Gasteiger partial charge on any atom is -0.363 e. The van der Waals surface area contributed by atoms with E-state index in [-0.39, 0.29) is 16.8 Å². The van der Waals surface area contributed by atoms with Crippen molar-refractivity contribution in [1.82, 2.24) is 18.8 Å². The van der Waals surface area contributed by atoms with Crippen molar-refractivity contribution in [3.05, 3.63) is 96.3 Å². The zero-order valence-electron chi connectivity index (χ0n) is 21.0. The lowest BCUT2D eigenvalue weighted by Crippen LogP contribution is -2.31. The molecule has 0 radical (unpaired) electrons. The Bertz CT molecular complexity index is 1470. The Morgan fingerprint density at radius 1 is 1.03 bits per heavy atom. The third kappa shape index (κ3) is 5.14. The Morgan fingerprint density at radius 2 is 1.81 bits per heavy atom. The lowest BCUT2D eigenvalue weighted by molar-refractivity contribution is 0.397. The fourth-order valence-electron chi connectivity index (χ4n) is 4.91. The van der Waals surface area contributed by atoms with Gasteiger partial charge >= 0.3 is 0 Å². The fraction of sp³-hybridized carbons (Fsp3) is 0.286. The number of halogens is 1. The maximum absolute atomic E-state index is 13.7. The van der Waals surface area contributed by atoms with Crippen molar-refractivity contribution in [2.24, 2.45) is 0 Å². The molecule has 4 aromatic rings. The van der Waals surface area contributed by atoms with Gasteiger partial charge in [0, 0.05) is 38.9 Å². The molecule has 0 N–H and O–H groups in total. The Hall–Kier alpha value is -3.56. The molecule has 7 nitrogen and oxygen atoms in total. The van der Waals surface area contributed by atoms with Gasteiger partial charge < -0.3 is 9.47 Å². The SMILES string of the molecule is CN(C)c1ccc(S(=O)(=O)N2CCC[C@H]2c2ccccc2-c2cncn2CCc2ccc(F)cc2)cn1. The summed E-state index contributed by atoms with van der Waals surface area (Å²) in [5.74, 6) is 0.456. The first-order valence-corrected chi connectivity index (χ1v) is 13.8. The molecule has 1 fully saturated rings. The quantitative estimate of drug-likeness (QED) is 0.331. The number of benzene rings is 2. The van der Waals surface area contributed by atoms with E-state index >= 15 is 0 Å². The summed E-state index contributed by atoms with van der Waals surface area (Å²) in [6.45, 7) is 1.13. The van der Waals surface area contributed by atoms with E-state index in [1.54, 1.807) is 34.9 Å². The molecule has 37 heavy (non-hydrogen) atoms. The molecule has 3 heterocycles. The number of imidazole rings is 1. The van der Waals surface area contributed by atoms with Gasteiger partial charge in [-0.2, -0.15) is 4.31 Å². The Kier molecular flexibility index (Phi) is 7.08. The number of anilines is 1. The third-order valence-corrected chi connectivity index (χ3v) is 8.74. The first-order chi connectivity index (χ1) is 17.8. The van der Waals surface area contributed by atoms with Crippen LogP contribution < -0.4 is 4.90 Å². The molecular weight excluding hydrogens is 489 g/mol. The summed E-state index contributed by atoms with van der Waals surface area (Å²) in [5.41, 5.74) is 3.90. The van der Waals surface area contributed by atoms with Crippen molar-refractivity contribution >= 4 is 15.8 Å². The van der Waals surface area contributed by atoms with Crippen LogP contribution in [-0.4, -0.2) is 47.9 Å².